The van der Waals surface area contributed by atoms with Crippen molar-refractivity contribution in [3.05, 3.63) is 89.7 Å². The van der Waals surface area contributed by atoms with E-state index in [1.165, 1.54) is 8.99 Å². The number of carbonyl (C=O) groups is 5. The minimum absolute atomic E-state index is 0.0164. The molecule has 2 N–H and O–H groups in total. The Hall–Kier alpha value is -6.59. The van der Waals surface area contributed by atoms with Gasteiger partial charge in [0.15, 0.2) is 5.65 Å². The molecule has 0 bridgehead atoms. The van der Waals surface area contributed by atoms with E-state index in [2.05, 4.69) is 30.3 Å². The number of amides is 6. The molecule has 17 nitrogen and oxygen atoms in total. The number of piperazine rings is 1. The van der Waals surface area contributed by atoms with E-state index in [1.807, 2.05) is 54.7 Å². The number of anilines is 4. The summed E-state index contributed by atoms with van der Waals surface area (Å²) in [7, 11) is 3.35. The Morgan fingerprint density at radius 3 is 2.25 bits per heavy atom. The van der Waals surface area contributed by atoms with Crippen molar-refractivity contribution in [2.75, 3.05) is 81.6 Å². The van der Waals surface area contributed by atoms with Gasteiger partial charge in [-0.2, -0.15) is 9.99 Å². The summed E-state index contributed by atoms with van der Waals surface area (Å²) in [5, 5.41) is 7.93. The summed E-state index contributed by atoms with van der Waals surface area (Å²) in [4.78, 5) is 86.1. The summed E-state index contributed by atoms with van der Waals surface area (Å²) < 4.78 is 1.28. The minimum atomic E-state index is -0.774. The standard InChI is InChI=1S/C42H43ClN12O5/c1-49(2)40(59)33-23-32-36(27-6-4-3-5-7-27)47-41(48-37(32)54(33)43)45-34-11-9-29(24-44-34)52-20-18-50(19-21-52)25-26-12-15-51(16-13-26)28-8-10-30-31(22-28)39(58)55(38(30)57)53-17-14-35(56)46-42(53)60/h3-11,22-24,26H,12-21,25H2,1-2H3,(H,46,56,60)(H,44,45,47,48). The zero-order chi connectivity index (χ0) is 41.7. The molecule has 3 saturated heterocycles. The number of piperidine rings is 1. The first-order valence-corrected chi connectivity index (χ1v) is 20.3. The first-order chi connectivity index (χ1) is 29.0. The fourth-order valence-electron chi connectivity index (χ4n) is 8.36. The van der Waals surface area contributed by atoms with Crippen molar-refractivity contribution in [2.45, 2.75) is 19.3 Å². The third-order valence-electron chi connectivity index (χ3n) is 11.6. The number of hydrogen-bond donors (Lipinski definition) is 2. The van der Waals surface area contributed by atoms with Crippen LogP contribution >= 0.6 is 11.8 Å². The smallest absolute Gasteiger partial charge is 0.343 e. The van der Waals surface area contributed by atoms with Crippen molar-refractivity contribution in [2.24, 2.45) is 5.92 Å². The molecule has 2 aromatic carbocycles. The molecule has 5 aromatic rings. The number of hydrogen-bond acceptors (Lipinski definition) is 12. The Morgan fingerprint density at radius 1 is 0.833 bits per heavy atom. The molecule has 18 heteroatoms. The molecule has 3 aromatic heterocycles. The van der Waals surface area contributed by atoms with E-state index in [0.717, 1.165) is 85.6 Å². The molecule has 0 atom stereocenters. The van der Waals surface area contributed by atoms with Gasteiger partial charge in [-0.3, -0.25) is 29.4 Å². The minimum Gasteiger partial charge on any atom is -0.371 e. The molecule has 0 unspecified atom stereocenters. The van der Waals surface area contributed by atoms with Crippen LogP contribution in [0, 0.1) is 5.92 Å². The predicted octanol–water partition coefficient (Wildman–Crippen LogP) is 4.43. The summed E-state index contributed by atoms with van der Waals surface area (Å²) >= 11 is 6.67. The fourth-order valence-corrected chi connectivity index (χ4v) is 8.61. The van der Waals surface area contributed by atoms with E-state index in [0.29, 0.717) is 40.1 Å². The van der Waals surface area contributed by atoms with Gasteiger partial charge in [-0.1, -0.05) is 30.3 Å². The van der Waals surface area contributed by atoms with E-state index in [-0.39, 0.29) is 30.0 Å². The van der Waals surface area contributed by atoms with E-state index < -0.39 is 23.8 Å². The second-order valence-electron chi connectivity index (χ2n) is 15.6. The Bertz CT molecular complexity index is 2510. The molecule has 7 heterocycles. The van der Waals surface area contributed by atoms with Gasteiger partial charge in [0.25, 0.3) is 17.7 Å². The van der Waals surface area contributed by atoms with Crippen molar-refractivity contribution >= 4 is 75.6 Å². The number of benzene rings is 2. The van der Waals surface area contributed by atoms with Gasteiger partial charge in [-0.15, -0.1) is 0 Å². The molecule has 0 radical (unpaired) electrons. The highest BCUT2D eigenvalue weighted by molar-refractivity contribution is 6.23. The lowest BCUT2D eigenvalue weighted by Crippen LogP contribution is -2.58. The van der Waals surface area contributed by atoms with E-state index in [1.54, 1.807) is 32.3 Å². The fraction of sp³-hybridized carbons (Fsp3) is 0.333. The second-order valence-corrected chi connectivity index (χ2v) is 16.0. The van der Waals surface area contributed by atoms with Gasteiger partial charge in [0.2, 0.25) is 11.9 Å². The molecule has 60 heavy (non-hydrogen) atoms. The SMILES string of the molecule is CN(C)C(=O)c1cc2c(-c3ccccc3)nc(Nc3ccc(N4CCN(CC5CCN(c6ccc7c(c6)C(=O)N(N6CCC(=O)NC6=O)C7=O)CC5)CC4)cn3)nc2n1Cl. The van der Waals surface area contributed by atoms with Crippen LogP contribution in [0.1, 0.15) is 50.5 Å². The highest BCUT2D eigenvalue weighted by Crippen LogP contribution is 2.34. The van der Waals surface area contributed by atoms with Crippen LogP contribution in [0.5, 0.6) is 0 Å². The lowest BCUT2D eigenvalue weighted by Gasteiger charge is -2.40. The van der Waals surface area contributed by atoms with Gasteiger partial charge in [0, 0.05) is 94.7 Å². The third-order valence-corrected chi connectivity index (χ3v) is 12.0. The first kappa shape index (κ1) is 38.9. The van der Waals surface area contributed by atoms with Crippen LogP contribution in [0.25, 0.3) is 22.3 Å². The van der Waals surface area contributed by atoms with Crippen LogP contribution in [0.4, 0.5) is 27.9 Å². The summed E-state index contributed by atoms with van der Waals surface area (Å²) in [6.07, 6.45) is 3.88. The lowest BCUT2D eigenvalue weighted by atomic mass is 9.95. The number of imide groups is 2. The number of pyridine rings is 1. The first-order valence-electron chi connectivity index (χ1n) is 20.0. The Kier molecular flexibility index (Phi) is 10.3. The molecule has 9 rings (SSSR count). The Balaban J connectivity index is 0.784. The van der Waals surface area contributed by atoms with Crippen molar-refractivity contribution in [1.29, 1.82) is 0 Å². The normalized spacial score (nSPS) is 17.7. The summed E-state index contributed by atoms with van der Waals surface area (Å²) in [5.41, 5.74) is 4.64. The number of urea groups is 1. The van der Waals surface area contributed by atoms with Crippen LogP contribution in [0.2, 0.25) is 0 Å². The molecular weight excluding hydrogens is 788 g/mol. The average Bonchev–Trinajstić information content (AvgIpc) is 3.72. The number of hydrazine groups is 1. The molecule has 3 fully saturated rings. The van der Waals surface area contributed by atoms with Crippen molar-refractivity contribution in [3.8, 4) is 11.3 Å². The highest BCUT2D eigenvalue weighted by atomic mass is 35.5. The predicted molar refractivity (Wildman–Crippen MR) is 225 cm³/mol. The monoisotopic (exact) mass is 830 g/mol. The molecule has 0 spiro atoms. The molecule has 308 valence electrons. The van der Waals surface area contributed by atoms with Gasteiger partial charge in [-0.25, -0.2) is 23.9 Å². The van der Waals surface area contributed by atoms with Crippen LogP contribution in [0.3, 0.4) is 0 Å². The quantitative estimate of drug-likeness (QED) is 0.201. The van der Waals surface area contributed by atoms with Gasteiger partial charge < -0.3 is 20.0 Å². The van der Waals surface area contributed by atoms with E-state index >= 15 is 0 Å². The van der Waals surface area contributed by atoms with E-state index in [9.17, 15) is 24.0 Å². The molecular formula is C42H43ClN12O5. The van der Waals surface area contributed by atoms with Crippen molar-refractivity contribution in [3.63, 3.8) is 0 Å². The molecule has 4 aliphatic heterocycles. The summed E-state index contributed by atoms with van der Waals surface area (Å²) in [6.45, 7) is 6.28. The molecule has 0 aliphatic carbocycles. The Morgan fingerprint density at radius 2 is 1.55 bits per heavy atom. The largest absolute Gasteiger partial charge is 0.371 e. The van der Waals surface area contributed by atoms with Crippen LogP contribution < -0.4 is 20.4 Å². The van der Waals surface area contributed by atoms with Crippen molar-refractivity contribution < 1.29 is 24.0 Å². The third kappa shape index (κ3) is 7.34. The number of fused-ring (bicyclic) bond motifs is 2. The van der Waals surface area contributed by atoms with Crippen LogP contribution in [-0.4, -0.2) is 135 Å². The number of rotatable bonds is 9. The maximum atomic E-state index is 13.3. The van der Waals surface area contributed by atoms with Gasteiger partial charge >= 0.3 is 6.03 Å². The number of aromatic nitrogens is 4. The maximum Gasteiger partial charge on any atom is 0.343 e. The van der Waals surface area contributed by atoms with Gasteiger partial charge in [-0.05, 0) is 55.2 Å². The molecule has 6 amide bonds. The zero-order valence-corrected chi connectivity index (χ0v) is 33.9. The van der Waals surface area contributed by atoms with E-state index in [4.69, 9.17) is 21.7 Å². The maximum absolute atomic E-state index is 13.3. The number of nitrogens with zero attached hydrogens (tertiary/aromatic N) is 10. The number of nitrogens with one attached hydrogen (secondary N) is 2. The second kappa shape index (κ2) is 15.9. The van der Waals surface area contributed by atoms with Crippen LogP contribution in [0.15, 0.2) is 72.9 Å². The average molecular weight is 831 g/mol. The molecule has 0 saturated carbocycles. The summed E-state index contributed by atoms with van der Waals surface area (Å²) in [5.74, 6) is -0.377. The number of carbonyl (C=O) groups excluding carboxylic acids is 5. The number of halogens is 1. The Labute approximate surface area is 350 Å². The zero-order valence-electron chi connectivity index (χ0n) is 33.2. The summed E-state index contributed by atoms with van der Waals surface area (Å²) in [6, 6.07) is 19.9. The van der Waals surface area contributed by atoms with Gasteiger partial charge in [0.1, 0.15) is 11.5 Å². The van der Waals surface area contributed by atoms with Crippen molar-refractivity contribution in [1.82, 2.24) is 44.2 Å². The van der Waals surface area contributed by atoms with Crippen LogP contribution in [-0.2, 0) is 4.79 Å². The van der Waals surface area contributed by atoms with Gasteiger partial charge in [0.05, 0.1) is 35.2 Å². The molecule has 4 aliphatic rings. The highest BCUT2D eigenvalue weighted by Gasteiger charge is 2.43. The lowest BCUT2D eigenvalue weighted by molar-refractivity contribution is -0.122. The topological polar surface area (TPSA) is 172 Å².